The second kappa shape index (κ2) is 8.90. The monoisotopic (exact) mass is 428 g/mol. The van der Waals surface area contributed by atoms with Crippen LogP contribution in [-0.4, -0.2) is 36.3 Å². The van der Waals surface area contributed by atoms with E-state index in [-0.39, 0.29) is 32.7 Å². The quantitative estimate of drug-likeness (QED) is 0.622. The fourth-order valence-corrected chi connectivity index (χ4v) is 2.87. The molecular formula is C17H14Cl2N2O5S. The molecule has 0 aromatic heterocycles. The number of hydrogen-bond acceptors (Lipinski definition) is 5. The molecule has 142 valence electrons. The lowest BCUT2D eigenvalue weighted by Gasteiger charge is -2.15. The van der Waals surface area contributed by atoms with E-state index in [0.29, 0.717) is 10.8 Å². The van der Waals surface area contributed by atoms with Crippen LogP contribution < -0.4 is 20.1 Å². The van der Waals surface area contributed by atoms with E-state index in [1.807, 2.05) is 0 Å². The van der Waals surface area contributed by atoms with E-state index < -0.39 is 11.9 Å². The highest BCUT2D eigenvalue weighted by atomic mass is 35.5. The number of aromatic carboxylic acids is 1. The lowest BCUT2D eigenvalue weighted by molar-refractivity contribution is 0.0696. The van der Waals surface area contributed by atoms with Crippen LogP contribution in [0.5, 0.6) is 11.5 Å². The molecule has 0 saturated heterocycles. The molecule has 27 heavy (non-hydrogen) atoms. The number of ether oxygens (including phenoxy) is 2. The van der Waals surface area contributed by atoms with E-state index in [0.717, 1.165) is 0 Å². The van der Waals surface area contributed by atoms with Gasteiger partial charge in [-0.25, -0.2) is 4.79 Å². The number of amides is 1. The Morgan fingerprint density at radius 1 is 1.11 bits per heavy atom. The first-order valence-electron chi connectivity index (χ1n) is 7.33. The summed E-state index contributed by atoms with van der Waals surface area (Å²) >= 11 is 17.1. The minimum absolute atomic E-state index is 0.0746. The largest absolute Gasteiger partial charge is 0.496 e. The lowest BCUT2D eigenvalue weighted by atomic mass is 10.2. The van der Waals surface area contributed by atoms with Crippen LogP contribution in [0.1, 0.15) is 20.7 Å². The van der Waals surface area contributed by atoms with Crippen molar-refractivity contribution in [1.82, 2.24) is 5.32 Å². The third-order valence-corrected chi connectivity index (χ3v) is 4.10. The maximum Gasteiger partial charge on any atom is 0.335 e. The molecule has 10 heteroatoms. The summed E-state index contributed by atoms with van der Waals surface area (Å²) < 4.78 is 10.3. The van der Waals surface area contributed by atoms with E-state index in [2.05, 4.69) is 10.6 Å². The van der Waals surface area contributed by atoms with Crippen LogP contribution in [0.15, 0.2) is 30.3 Å². The number of hydrogen-bond donors (Lipinski definition) is 3. The molecule has 1 amide bonds. The summed E-state index contributed by atoms with van der Waals surface area (Å²) in [6.45, 7) is 0. The summed E-state index contributed by atoms with van der Waals surface area (Å²) in [5.74, 6) is -1.25. The number of thiocarbonyl (C=S) groups is 1. The maximum absolute atomic E-state index is 12.4. The van der Waals surface area contributed by atoms with Crippen LogP contribution in [0.2, 0.25) is 10.0 Å². The van der Waals surface area contributed by atoms with Gasteiger partial charge in [0.05, 0.1) is 36.1 Å². The van der Waals surface area contributed by atoms with Gasteiger partial charge >= 0.3 is 5.97 Å². The number of carbonyl (C=O) groups excluding carboxylic acids is 1. The average Bonchev–Trinajstić information content (AvgIpc) is 2.61. The number of halogens is 2. The molecule has 2 aromatic carbocycles. The van der Waals surface area contributed by atoms with Crippen molar-refractivity contribution >= 4 is 58.1 Å². The highest BCUT2D eigenvalue weighted by molar-refractivity contribution is 7.80. The van der Waals surface area contributed by atoms with Gasteiger partial charge in [0.25, 0.3) is 5.91 Å². The Balaban J connectivity index is 2.24. The highest BCUT2D eigenvalue weighted by Gasteiger charge is 2.18. The number of anilines is 1. The molecule has 2 rings (SSSR count). The van der Waals surface area contributed by atoms with Crippen LogP contribution in [-0.2, 0) is 0 Å². The molecule has 3 N–H and O–H groups in total. The van der Waals surface area contributed by atoms with Crippen molar-refractivity contribution in [2.75, 3.05) is 19.5 Å². The average molecular weight is 429 g/mol. The zero-order chi connectivity index (χ0) is 20.1. The first-order valence-corrected chi connectivity index (χ1v) is 8.50. The van der Waals surface area contributed by atoms with Crippen molar-refractivity contribution in [2.24, 2.45) is 0 Å². The number of carbonyl (C=O) groups is 2. The zero-order valence-corrected chi connectivity index (χ0v) is 16.5. The Bertz CT molecular complexity index is 920. The van der Waals surface area contributed by atoms with Gasteiger partial charge in [-0.05, 0) is 42.5 Å². The van der Waals surface area contributed by atoms with Gasteiger partial charge < -0.3 is 19.9 Å². The third kappa shape index (κ3) is 5.00. The molecule has 0 saturated carbocycles. The zero-order valence-electron chi connectivity index (χ0n) is 14.1. The molecule has 7 nitrogen and oxygen atoms in total. The topological polar surface area (TPSA) is 96.9 Å². The summed E-state index contributed by atoms with van der Waals surface area (Å²) in [6.07, 6.45) is 0. The molecule has 0 bridgehead atoms. The number of rotatable bonds is 5. The summed E-state index contributed by atoms with van der Waals surface area (Å²) in [7, 11) is 2.78. The van der Waals surface area contributed by atoms with Crippen LogP contribution in [0.4, 0.5) is 5.69 Å². The van der Waals surface area contributed by atoms with Gasteiger partial charge in [0.1, 0.15) is 5.75 Å². The van der Waals surface area contributed by atoms with Gasteiger partial charge in [-0.15, -0.1) is 0 Å². The normalized spacial score (nSPS) is 10.1. The summed E-state index contributed by atoms with van der Waals surface area (Å²) in [5.41, 5.74) is 0.290. The summed E-state index contributed by atoms with van der Waals surface area (Å²) in [5, 5.41) is 14.6. The van der Waals surface area contributed by atoms with Gasteiger partial charge in [-0.3, -0.25) is 10.1 Å². The Kier molecular flexibility index (Phi) is 6.84. The fraction of sp³-hybridized carbons (Fsp3) is 0.118. The summed E-state index contributed by atoms with van der Waals surface area (Å²) in [6, 6.07) is 7.09. The van der Waals surface area contributed by atoms with Gasteiger partial charge in [-0.1, -0.05) is 23.2 Å². The van der Waals surface area contributed by atoms with Gasteiger partial charge in [-0.2, -0.15) is 0 Å². The number of nitrogens with one attached hydrogen (secondary N) is 2. The van der Waals surface area contributed by atoms with Crippen molar-refractivity contribution in [3.05, 3.63) is 51.5 Å². The molecular weight excluding hydrogens is 415 g/mol. The van der Waals surface area contributed by atoms with Crippen molar-refractivity contribution in [2.45, 2.75) is 0 Å². The van der Waals surface area contributed by atoms with Crippen LogP contribution in [0.25, 0.3) is 0 Å². The van der Waals surface area contributed by atoms with Crippen molar-refractivity contribution in [3.8, 4) is 11.5 Å². The second-order valence-electron chi connectivity index (χ2n) is 5.10. The number of carboxylic acids is 1. The van der Waals surface area contributed by atoms with E-state index >= 15 is 0 Å². The smallest absolute Gasteiger partial charge is 0.335 e. The highest BCUT2D eigenvalue weighted by Crippen LogP contribution is 2.34. The third-order valence-electron chi connectivity index (χ3n) is 3.38. The number of benzene rings is 2. The molecule has 0 fully saturated rings. The Morgan fingerprint density at radius 2 is 1.81 bits per heavy atom. The SMILES string of the molecule is COc1ccc(Cl)cc1C(=O)NC(=S)Nc1cc(C(=O)O)cc(Cl)c1OC. The first kappa shape index (κ1) is 20.8. The molecule has 0 unspecified atom stereocenters. The number of methoxy groups -OCH3 is 2. The molecule has 0 spiro atoms. The van der Waals surface area contributed by atoms with E-state index in [1.54, 1.807) is 12.1 Å². The Labute approximate surface area is 170 Å². The maximum atomic E-state index is 12.4. The van der Waals surface area contributed by atoms with Gasteiger partial charge in [0, 0.05) is 5.02 Å². The van der Waals surface area contributed by atoms with Crippen LogP contribution in [0, 0.1) is 0 Å². The van der Waals surface area contributed by atoms with Crippen molar-refractivity contribution in [3.63, 3.8) is 0 Å². The predicted octanol–water partition coefficient (Wildman–Crippen LogP) is 3.84. The Morgan fingerprint density at radius 3 is 2.41 bits per heavy atom. The lowest BCUT2D eigenvalue weighted by Crippen LogP contribution is -2.34. The molecule has 0 aliphatic rings. The van der Waals surface area contributed by atoms with Crippen molar-refractivity contribution in [1.29, 1.82) is 0 Å². The molecule has 0 aliphatic heterocycles. The second-order valence-corrected chi connectivity index (χ2v) is 6.35. The molecule has 0 atom stereocenters. The minimum Gasteiger partial charge on any atom is -0.496 e. The van der Waals surface area contributed by atoms with E-state index in [4.69, 9.17) is 50.0 Å². The molecule has 0 aliphatic carbocycles. The molecule has 0 heterocycles. The van der Waals surface area contributed by atoms with E-state index in [1.165, 1.54) is 32.4 Å². The van der Waals surface area contributed by atoms with Crippen molar-refractivity contribution < 1.29 is 24.2 Å². The standard InChI is InChI=1S/C17H14Cl2N2O5S/c1-25-13-4-3-9(18)7-10(13)15(22)21-17(27)20-12-6-8(16(23)24)5-11(19)14(12)26-2/h3-7H,1-2H3,(H,23,24)(H2,20,21,22,27). The van der Waals surface area contributed by atoms with Gasteiger partial charge in [0.15, 0.2) is 10.9 Å². The number of carboxylic acid groups (broad SMARTS) is 1. The summed E-state index contributed by atoms with van der Waals surface area (Å²) in [4.78, 5) is 23.6. The van der Waals surface area contributed by atoms with Crippen LogP contribution in [0.3, 0.4) is 0 Å². The van der Waals surface area contributed by atoms with E-state index in [9.17, 15) is 9.59 Å². The molecule has 2 aromatic rings. The molecule has 0 radical (unpaired) electrons. The van der Waals surface area contributed by atoms with Gasteiger partial charge in [0.2, 0.25) is 0 Å². The fourth-order valence-electron chi connectivity index (χ4n) is 2.20. The minimum atomic E-state index is -1.18. The predicted molar refractivity (Wildman–Crippen MR) is 107 cm³/mol. The van der Waals surface area contributed by atoms with Crippen LogP contribution >= 0.6 is 35.4 Å². The first-order chi connectivity index (χ1) is 12.8. The Hall–Kier alpha value is -2.55.